The minimum atomic E-state index is 0.119. The second kappa shape index (κ2) is 5.24. The fourth-order valence-corrected chi connectivity index (χ4v) is 3.90. The summed E-state index contributed by atoms with van der Waals surface area (Å²) in [6.07, 6.45) is 3.19. The van der Waals surface area contributed by atoms with Gasteiger partial charge in [0.05, 0.1) is 0 Å². The van der Waals surface area contributed by atoms with E-state index in [2.05, 4.69) is 61.5 Å². The van der Waals surface area contributed by atoms with E-state index in [1.54, 1.807) is 0 Å². The third kappa shape index (κ3) is 1.89. The fourth-order valence-electron chi connectivity index (χ4n) is 3.90. The Morgan fingerprint density at radius 3 is 2.20 bits per heavy atom. The highest BCUT2D eigenvalue weighted by atomic mass is 16.1. The minimum absolute atomic E-state index is 0.119. The first-order chi connectivity index (χ1) is 9.81. The van der Waals surface area contributed by atoms with Crippen LogP contribution < -0.4 is 0 Å². The zero-order chi connectivity index (χ0) is 14.0. The molecule has 1 saturated carbocycles. The Hall–Kier alpha value is -1.89. The summed E-state index contributed by atoms with van der Waals surface area (Å²) in [5.41, 5.74) is 2.78. The van der Waals surface area contributed by atoms with Crippen LogP contribution in [0, 0.1) is 5.92 Å². The summed E-state index contributed by atoms with van der Waals surface area (Å²) >= 11 is 0. The topological polar surface area (TPSA) is 17.1 Å². The molecule has 0 aliphatic heterocycles. The van der Waals surface area contributed by atoms with E-state index < -0.39 is 0 Å². The lowest BCUT2D eigenvalue weighted by Crippen LogP contribution is -2.49. The Morgan fingerprint density at radius 2 is 1.65 bits per heavy atom. The highest BCUT2D eigenvalue weighted by molar-refractivity contribution is 5.62. The highest BCUT2D eigenvalue weighted by Gasteiger charge is 2.53. The van der Waals surface area contributed by atoms with Gasteiger partial charge in [-0.05, 0) is 24.0 Å². The van der Waals surface area contributed by atoms with Crippen molar-refractivity contribution in [3.8, 4) is 0 Å². The quantitative estimate of drug-likeness (QED) is 0.751. The van der Waals surface area contributed by atoms with Crippen LogP contribution >= 0.6 is 0 Å². The lowest BCUT2D eigenvalue weighted by atomic mass is 9.48. The smallest absolute Gasteiger partial charge is 0.123 e. The molecule has 0 amide bonds. The van der Waals surface area contributed by atoms with Crippen LogP contribution in [0.2, 0.25) is 0 Å². The van der Waals surface area contributed by atoms with Crippen LogP contribution in [-0.4, -0.2) is 6.29 Å². The maximum Gasteiger partial charge on any atom is 0.123 e. The molecule has 0 N–H and O–H groups in total. The highest BCUT2D eigenvalue weighted by Crippen LogP contribution is 2.59. The van der Waals surface area contributed by atoms with Gasteiger partial charge in [0.2, 0.25) is 0 Å². The molecular weight excluding hydrogens is 244 g/mol. The van der Waals surface area contributed by atoms with Gasteiger partial charge in [0.1, 0.15) is 6.29 Å². The van der Waals surface area contributed by atoms with Crippen molar-refractivity contribution < 1.29 is 4.79 Å². The SMILES string of the molecule is CC[C@@]1(c2ccccc2)C[C@H](C=O)[C@H]1c1ccccc1. The molecule has 0 unspecified atom stereocenters. The molecule has 102 valence electrons. The standard InChI is InChI=1S/C19H20O/c1-2-19(17-11-7-4-8-12-17)13-16(14-20)18(19)15-9-5-3-6-10-15/h3-12,14,16,18H,2,13H2,1H3/t16-,18-,19+/m1/s1. The van der Waals surface area contributed by atoms with Crippen LogP contribution in [0.3, 0.4) is 0 Å². The number of hydrogen-bond acceptors (Lipinski definition) is 1. The summed E-state index contributed by atoms with van der Waals surface area (Å²) in [6.45, 7) is 2.24. The molecule has 0 spiro atoms. The number of carbonyl (C=O) groups excluding carboxylic acids is 1. The first kappa shape index (κ1) is 13.1. The summed E-state index contributed by atoms with van der Waals surface area (Å²) in [6, 6.07) is 21.2. The molecule has 3 atom stereocenters. The van der Waals surface area contributed by atoms with Crippen molar-refractivity contribution >= 4 is 6.29 Å². The maximum atomic E-state index is 11.4. The molecule has 1 aliphatic carbocycles. The summed E-state index contributed by atoms with van der Waals surface area (Å²) in [5.74, 6) is 0.464. The van der Waals surface area contributed by atoms with E-state index in [9.17, 15) is 4.79 Å². The second-order valence-corrected chi connectivity index (χ2v) is 5.77. The van der Waals surface area contributed by atoms with E-state index in [1.807, 2.05) is 6.07 Å². The van der Waals surface area contributed by atoms with Gasteiger partial charge in [-0.25, -0.2) is 0 Å². The van der Waals surface area contributed by atoms with Gasteiger partial charge >= 0.3 is 0 Å². The van der Waals surface area contributed by atoms with Crippen molar-refractivity contribution in [3.63, 3.8) is 0 Å². The summed E-state index contributed by atoms with van der Waals surface area (Å²) in [5, 5.41) is 0. The summed E-state index contributed by atoms with van der Waals surface area (Å²) in [4.78, 5) is 11.4. The molecule has 2 aromatic carbocycles. The van der Waals surface area contributed by atoms with Crippen molar-refractivity contribution in [3.05, 3.63) is 71.8 Å². The number of benzene rings is 2. The monoisotopic (exact) mass is 264 g/mol. The van der Waals surface area contributed by atoms with Gasteiger partial charge < -0.3 is 4.79 Å². The molecule has 0 aromatic heterocycles. The Labute approximate surface area is 120 Å². The molecule has 3 rings (SSSR count). The molecule has 0 heterocycles. The van der Waals surface area contributed by atoms with Crippen LogP contribution in [0.1, 0.15) is 36.8 Å². The van der Waals surface area contributed by atoms with Crippen molar-refractivity contribution in [2.75, 3.05) is 0 Å². The number of rotatable bonds is 4. The van der Waals surface area contributed by atoms with E-state index in [0.717, 1.165) is 19.1 Å². The average Bonchev–Trinajstić information content (AvgIpc) is 2.50. The molecule has 1 nitrogen and oxygen atoms in total. The molecule has 1 aliphatic rings. The van der Waals surface area contributed by atoms with Gasteiger partial charge in [-0.3, -0.25) is 0 Å². The van der Waals surface area contributed by atoms with Crippen molar-refractivity contribution in [1.82, 2.24) is 0 Å². The van der Waals surface area contributed by atoms with Crippen molar-refractivity contribution in [1.29, 1.82) is 0 Å². The first-order valence-corrected chi connectivity index (χ1v) is 7.37. The van der Waals surface area contributed by atoms with Gasteiger partial charge in [0.15, 0.2) is 0 Å². The van der Waals surface area contributed by atoms with Gasteiger partial charge in [-0.2, -0.15) is 0 Å². The third-order valence-electron chi connectivity index (χ3n) is 4.94. The van der Waals surface area contributed by atoms with Crippen molar-refractivity contribution in [2.24, 2.45) is 5.92 Å². The molecule has 20 heavy (non-hydrogen) atoms. The Kier molecular flexibility index (Phi) is 3.43. The zero-order valence-electron chi connectivity index (χ0n) is 11.8. The van der Waals surface area contributed by atoms with Crippen molar-refractivity contribution in [2.45, 2.75) is 31.1 Å². The predicted molar refractivity (Wildman–Crippen MR) is 81.8 cm³/mol. The van der Waals surface area contributed by atoms with Crippen LogP contribution in [0.5, 0.6) is 0 Å². The van der Waals surface area contributed by atoms with E-state index in [-0.39, 0.29) is 11.3 Å². The van der Waals surface area contributed by atoms with Gasteiger partial charge in [0, 0.05) is 17.3 Å². The van der Waals surface area contributed by atoms with Crippen LogP contribution in [0.15, 0.2) is 60.7 Å². The summed E-state index contributed by atoms with van der Waals surface area (Å²) < 4.78 is 0. The predicted octanol–water partition coefficient (Wildman–Crippen LogP) is 4.34. The molecular formula is C19H20O. The van der Waals surface area contributed by atoms with Crippen LogP contribution in [0.4, 0.5) is 0 Å². The molecule has 2 aromatic rings. The number of hydrogen-bond donors (Lipinski definition) is 0. The molecule has 0 bridgehead atoms. The zero-order valence-corrected chi connectivity index (χ0v) is 11.8. The van der Waals surface area contributed by atoms with Crippen LogP contribution in [0.25, 0.3) is 0 Å². The Bertz CT molecular complexity index is 575. The van der Waals surface area contributed by atoms with Gasteiger partial charge in [0.25, 0.3) is 0 Å². The van der Waals surface area contributed by atoms with Crippen LogP contribution in [-0.2, 0) is 10.2 Å². The van der Waals surface area contributed by atoms with E-state index in [4.69, 9.17) is 0 Å². The Balaban J connectivity index is 2.06. The normalized spacial score (nSPS) is 28.6. The Morgan fingerprint density at radius 1 is 1.05 bits per heavy atom. The second-order valence-electron chi connectivity index (χ2n) is 5.77. The fraction of sp³-hybridized carbons (Fsp3) is 0.316. The molecule has 1 heteroatoms. The number of aldehydes is 1. The minimum Gasteiger partial charge on any atom is -0.303 e. The first-order valence-electron chi connectivity index (χ1n) is 7.37. The van der Waals surface area contributed by atoms with Gasteiger partial charge in [-0.15, -0.1) is 0 Å². The maximum absolute atomic E-state index is 11.4. The summed E-state index contributed by atoms with van der Waals surface area (Å²) in [7, 11) is 0. The van der Waals surface area contributed by atoms with E-state index in [1.165, 1.54) is 11.1 Å². The lowest BCUT2D eigenvalue weighted by Gasteiger charge is -2.54. The average molecular weight is 264 g/mol. The van der Waals surface area contributed by atoms with E-state index in [0.29, 0.717) is 5.92 Å². The van der Waals surface area contributed by atoms with E-state index >= 15 is 0 Å². The molecule has 1 fully saturated rings. The number of carbonyl (C=O) groups is 1. The third-order valence-corrected chi connectivity index (χ3v) is 4.94. The molecule has 0 saturated heterocycles. The molecule has 0 radical (unpaired) electrons. The van der Waals surface area contributed by atoms with Gasteiger partial charge in [-0.1, -0.05) is 67.6 Å². The lowest BCUT2D eigenvalue weighted by molar-refractivity contribution is -0.117. The largest absolute Gasteiger partial charge is 0.303 e.